The Balaban J connectivity index is 2.95. The first-order valence-electron chi connectivity index (χ1n) is 5.01. The smallest absolute Gasteiger partial charge is 0.311 e. The van der Waals surface area contributed by atoms with Crippen molar-refractivity contribution in [1.82, 2.24) is 4.57 Å². The number of carbonyl (C=O) groups is 1. The van der Waals surface area contributed by atoms with Gasteiger partial charge >= 0.3 is 6.18 Å². The highest BCUT2D eigenvalue weighted by Gasteiger charge is 2.33. The van der Waals surface area contributed by atoms with Crippen molar-refractivity contribution in [2.75, 3.05) is 0 Å². The molecule has 18 heavy (non-hydrogen) atoms. The molecule has 0 fully saturated rings. The van der Waals surface area contributed by atoms with Crippen molar-refractivity contribution >= 4 is 17.2 Å². The number of alkyl halides is 3. The van der Waals surface area contributed by atoms with E-state index in [2.05, 4.69) is 0 Å². The Labute approximate surface area is 99.5 Å². The van der Waals surface area contributed by atoms with Crippen LogP contribution in [0.1, 0.15) is 15.9 Å². The Morgan fingerprint density at radius 3 is 2.44 bits per heavy atom. The van der Waals surface area contributed by atoms with Crippen molar-refractivity contribution < 1.29 is 18.0 Å². The molecule has 1 heterocycles. The van der Waals surface area contributed by atoms with Crippen molar-refractivity contribution in [3.05, 3.63) is 45.7 Å². The van der Waals surface area contributed by atoms with Crippen LogP contribution in [0.15, 0.2) is 29.1 Å². The van der Waals surface area contributed by atoms with Crippen LogP contribution in [-0.2, 0) is 13.2 Å². The lowest BCUT2D eigenvalue weighted by Crippen LogP contribution is -2.20. The summed E-state index contributed by atoms with van der Waals surface area (Å²) >= 11 is 0. The first-order chi connectivity index (χ1) is 8.34. The Hall–Kier alpha value is -2.11. The van der Waals surface area contributed by atoms with Crippen LogP contribution in [0.3, 0.4) is 0 Å². The Bertz CT molecular complexity index is 686. The third-order valence-electron chi connectivity index (χ3n) is 2.71. The number of pyridine rings is 1. The molecule has 0 aliphatic carbocycles. The number of aryl methyl sites for hydroxylation is 1. The van der Waals surface area contributed by atoms with Crippen LogP contribution in [0.25, 0.3) is 10.9 Å². The van der Waals surface area contributed by atoms with Gasteiger partial charge < -0.3 is 4.57 Å². The molecule has 0 N–H and O–H groups in total. The van der Waals surface area contributed by atoms with Crippen LogP contribution in [0.5, 0.6) is 0 Å². The standard InChI is InChI=1S/C12H8F3NO2/c1-16-10-4-7(6-17)2-3-8(10)9(5-11(16)18)12(13,14)15/h2-6H,1H3. The SMILES string of the molecule is Cn1c(=O)cc(C(F)(F)F)c2ccc(C=O)cc21. The van der Waals surface area contributed by atoms with Gasteiger partial charge in [0.25, 0.3) is 5.56 Å². The molecule has 0 aliphatic heterocycles. The summed E-state index contributed by atoms with van der Waals surface area (Å²) in [5, 5.41) is -0.102. The molecule has 0 atom stereocenters. The van der Waals surface area contributed by atoms with Crippen LogP contribution < -0.4 is 5.56 Å². The molecule has 94 valence electrons. The van der Waals surface area contributed by atoms with Gasteiger partial charge in [-0.3, -0.25) is 9.59 Å². The van der Waals surface area contributed by atoms with E-state index >= 15 is 0 Å². The summed E-state index contributed by atoms with van der Waals surface area (Å²) in [4.78, 5) is 22.1. The largest absolute Gasteiger partial charge is 0.417 e. The predicted molar refractivity (Wildman–Crippen MR) is 59.6 cm³/mol. The number of halogens is 3. The molecule has 0 unspecified atom stereocenters. The average molecular weight is 255 g/mol. The quantitative estimate of drug-likeness (QED) is 0.734. The van der Waals surface area contributed by atoms with E-state index in [9.17, 15) is 22.8 Å². The molecule has 2 aromatic rings. The Morgan fingerprint density at radius 2 is 1.89 bits per heavy atom. The van der Waals surface area contributed by atoms with Crippen molar-refractivity contribution in [1.29, 1.82) is 0 Å². The van der Waals surface area contributed by atoms with E-state index in [1.54, 1.807) is 0 Å². The summed E-state index contributed by atoms with van der Waals surface area (Å²) in [5.74, 6) is 0. The molecule has 0 saturated heterocycles. The summed E-state index contributed by atoms with van der Waals surface area (Å²) in [6.45, 7) is 0. The molecule has 0 amide bonds. The van der Waals surface area contributed by atoms with Crippen molar-refractivity contribution in [3.63, 3.8) is 0 Å². The molecule has 6 heteroatoms. The van der Waals surface area contributed by atoms with Crippen LogP contribution in [-0.4, -0.2) is 10.9 Å². The topological polar surface area (TPSA) is 39.1 Å². The molecular weight excluding hydrogens is 247 g/mol. The number of carbonyl (C=O) groups excluding carboxylic acids is 1. The summed E-state index contributed by atoms with van der Waals surface area (Å²) in [7, 11) is 1.36. The van der Waals surface area contributed by atoms with Gasteiger partial charge in [0.15, 0.2) is 0 Å². The summed E-state index contributed by atoms with van der Waals surface area (Å²) in [6, 6.07) is 4.30. The highest BCUT2D eigenvalue weighted by molar-refractivity contribution is 5.89. The number of hydrogen-bond acceptors (Lipinski definition) is 2. The van der Waals surface area contributed by atoms with Crippen molar-refractivity contribution in [2.45, 2.75) is 6.18 Å². The van der Waals surface area contributed by atoms with Gasteiger partial charge in [-0.25, -0.2) is 0 Å². The van der Waals surface area contributed by atoms with E-state index in [1.807, 2.05) is 0 Å². The minimum atomic E-state index is -4.60. The van der Waals surface area contributed by atoms with Gasteiger partial charge in [-0.2, -0.15) is 13.2 Å². The number of nitrogens with zero attached hydrogens (tertiary/aromatic N) is 1. The fraction of sp³-hybridized carbons (Fsp3) is 0.167. The van der Waals surface area contributed by atoms with Gasteiger partial charge in [0.1, 0.15) is 6.29 Å². The number of benzene rings is 1. The van der Waals surface area contributed by atoms with Gasteiger partial charge in [0.05, 0.1) is 11.1 Å². The maximum atomic E-state index is 12.8. The van der Waals surface area contributed by atoms with Gasteiger partial charge in [0, 0.05) is 24.1 Å². The first-order valence-corrected chi connectivity index (χ1v) is 5.01. The van der Waals surface area contributed by atoms with E-state index in [1.165, 1.54) is 25.2 Å². The molecule has 0 aliphatic rings. The highest BCUT2D eigenvalue weighted by Crippen LogP contribution is 2.33. The minimum Gasteiger partial charge on any atom is -0.311 e. The summed E-state index contributed by atoms with van der Waals surface area (Å²) < 4.78 is 39.5. The molecule has 0 saturated carbocycles. The lowest BCUT2D eigenvalue weighted by atomic mass is 10.1. The fourth-order valence-electron chi connectivity index (χ4n) is 1.78. The maximum Gasteiger partial charge on any atom is 0.417 e. The highest BCUT2D eigenvalue weighted by atomic mass is 19.4. The van der Waals surface area contributed by atoms with Gasteiger partial charge in [-0.05, 0) is 6.07 Å². The van der Waals surface area contributed by atoms with E-state index < -0.39 is 17.3 Å². The van der Waals surface area contributed by atoms with E-state index in [0.29, 0.717) is 12.4 Å². The molecular formula is C12H8F3NO2. The average Bonchev–Trinajstić information content (AvgIpc) is 2.31. The van der Waals surface area contributed by atoms with Gasteiger partial charge in [0.2, 0.25) is 0 Å². The predicted octanol–water partition coefficient (Wildman–Crippen LogP) is 2.37. The first kappa shape index (κ1) is 12.3. The Morgan fingerprint density at radius 1 is 1.22 bits per heavy atom. The van der Waals surface area contributed by atoms with Crippen LogP contribution in [0.4, 0.5) is 13.2 Å². The number of aldehydes is 1. The fourth-order valence-corrected chi connectivity index (χ4v) is 1.78. The maximum absolute atomic E-state index is 12.8. The lowest BCUT2D eigenvalue weighted by molar-refractivity contribution is -0.136. The monoisotopic (exact) mass is 255 g/mol. The second-order valence-corrected chi connectivity index (χ2v) is 3.85. The number of aromatic nitrogens is 1. The van der Waals surface area contributed by atoms with Gasteiger partial charge in [-0.1, -0.05) is 12.1 Å². The Kier molecular flexibility index (Phi) is 2.73. The lowest BCUT2D eigenvalue weighted by Gasteiger charge is -2.12. The normalized spacial score (nSPS) is 11.8. The zero-order chi connectivity index (χ0) is 13.5. The van der Waals surface area contributed by atoms with Crippen molar-refractivity contribution in [3.8, 4) is 0 Å². The second-order valence-electron chi connectivity index (χ2n) is 3.85. The molecule has 1 aromatic heterocycles. The molecule has 3 nitrogen and oxygen atoms in total. The number of fused-ring (bicyclic) bond motifs is 1. The van der Waals surface area contributed by atoms with Crippen LogP contribution >= 0.6 is 0 Å². The number of hydrogen-bond donors (Lipinski definition) is 0. The molecule has 1 aromatic carbocycles. The van der Waals surface area contributed by atoms with Crippen LogP contribution in [0, 0.1) is 0 Å². The van der Waals surface area contributed by atoms with E-state index in [4.69, 9.17) is 0 Å². The second kappa shape index (κ2) is 3.97. The molecule has 0 bridgehead atoms. The zero-order valence-corrected chi connectivity index (χ0v) is 9.28. The summed E-state index contributed by atoms with van der Waals surface area (Å²) in [6.07, 6.45) is -4.08. The van der Waals surface area contributed by atoms with Crippen LogP contribution in [0.2, 0.25) is 0 Å². The number of rotatable bonds is 1. The summed E-state index contributed by atoms with van der Waals surface area (Å²) in [5.41, 5.74) is -1.45. The van der Waals surface area contributed by atoms with Crippen molar-refractivity contribution in [2.24, 2.45) is 7.05 Å². The zero-order valence-electron chi connectivity index (χ0n) is 9.28. The van der Waals surface area contributed by atoms with Gasteiger partial charge in [-0.15, -0.1) is 0 Å². The third-order valence-corrected chi connectivity index (χ3v) is 2.71. The molecule has 0 radical (unpaired) electrons. The molecule has 2 rings (SSSR count). The minimum absolute atomic E-state index is 0.0828. The van der Waals surface area contributed by atoms with E-state index in [0.717, 1.165) is 4.57 Å². The molecule has 0 spiro atoms. The third kappa shape index (κ3) is 1.90. The van der Waals surface area contributed by atoms with E-state index in [-0.39, 0.29) is 16.5 Å².